The lowest BCUT2D eigenvalue weighted by Gasteiger charge is -2.28. The third-order valence-corrected chi connectivity index (χ3v) is 1.72. The Kier molecular flexibility index (Phi) is 1.14. The van der Waals surface area contributed by atoms with Crippen molar-refractivity contribution in [1.82, 2.24) is 10.6 Å². The molecule has 12 heavy (non-hydrogen) atoms. The summed E-state index contributed by atoms with van der Waals surface area (Å²) < 4.78 is 0. The van der Waals surface area contributed by atoms with Crippen molar-refractivity contribution in [2.24, 2.45) is 15.7 Å². The molecule has 0 bridgehead atoms. The molecule has 5 N–H and O–H groups in total. The molecule has 7 nitrogen and oxygen atoms in total. The van der Waals surface area contributed by atoms with Crippen LogP contribution in [0.25, 0.3) is 0 Å². The summed E-state index contributed by atoms with van der Waals surface area (Å²) in [6, 6.07) is 0. The first-order chi connectivity index (χ1) is 5.63. The fraction of sp³-hybridized carbons (Fsp3) is 0.400. The maximum Gasteiger partial charge on any atom is 0.284 e. The average molecular weight is 169 g/mol. The minimum Gasteiger partial charge on any atom is -0.370 e. The van der Waals surface area contributed by atoms with Crippen molar-refractivity contribution in [2.45, 2.75) is 11.9 Å². The number of amides is 1. The molecule has 0 aromatic heterocycles. The first-order valence-electron chi connectivity index (χ1n) is 3.29. The Hall–Kier alpha value is -1.63. The standard InChI is InChI=1S/C5H7N5O2/c6-4-9-2-5(12,3(11)10-4)8-1-7-2/h1-2,12H,(H,7,8)(H3,6,9,10,11)/t2-,5-/m1/s1. The summed E-state index contributed by atoms with van der Waals surface area (Å²) in [6.07, 6.45) is 0.359. The first kappa shape index (κ1) is 7.04. The molecule has 64 valence electrons. The summed E-state index contributed by atoms with van der Waals surface area (Å²) in [5, 5.41) is 14.2. The highest BCUT2D eigenvalue weighted by atomic mass is 16.3. The molecule has 0 saturated carbocycles. The number of fused-ring (bicyclic) bond motifs is 1. The minimum absolute atomic E-state index is 0.0319. The largest absolute Gasteiger partial charge is 0.370 e. The van der Waals surface area contributed by atoms with Gasteiger partial charge in [-0.05, 0) is 0 Å². The highest BCUT2D eigenvalue weighted by Gasteiger charge is 2.49. The second-order valence-corrected chi connectivity index (χ2v) is 2.53. The Balaban J connectivity index is 2.41. The second kappa shape index (κ2) is 1.95. The van der Waals surface area contributed by atoms with E-state index in [0.29, 0.717) is 0 Å². The zero-order valence-electron chi connectivity index (χ0n) is 5.98. The predicted octanol–water partition coefficient (Wildman–Crippen LogP) is -2.92. The van der Waals surface area contributed by atoms with Gasteiger partial charge in [-0.1, -0.05) is 0 Å². The predicted molar refractivity (Wildman–Crippen MR) is 40.1 cm³/mol. The zero-order chi connectivity index (χ0) is 8.77. The highest BCUT2D eigenvalue weighted by Crippen LogP contribution is 2.18. The number of hydrogen-bond acceptors (Lipinski definition) is 6. The molecule has 0 unspecified atom stereocenters. The second-order valence-electron chi connectivity index (χ2n) is 2.53. The summed E-state index contributed by atoms with van der Waals surface area (Å²) in [5.41, 5.74) is 3.48. The molecular weight excluding hydrogens is 162 g/mol. The number of hydrogen-bond donors (Lipinski definition) is 4. The fourth-order valence-electron chi connectivity index (χ4n) is 1.07. The molecule has 2 rings (SSSR count). The molecule has 0 saturated heterocycles. The monoisotopic (exact) mass is 169 g/mol. The van der Waals surface area contributed by atoms with Crippen LogP contribution in [-0.4, -0.2) is 35.2 Å². The molecule has 2 heterocycles. The van der Waals surface area contributed by atoms with Crippen LogP contribution in [0.5, 0.6) is 0 Å². The van der Waals surface area contributed by atoms with Crippen molar-refractivity contribution in [1.29, 1.82) is 0 Å². The van der Waals surface area contributed by atoms with Crippen LogP contribution < -0.4 is 16.4 Å². The quantitative estimate of drug-likeness (QED) is 0.311. The number of aliphatic imine (C=N–C) groups is 2. The molecule has 0 aliphatic carbocycles. The molecule has 2 atom stereocenters. The topological polar surface area (TPSA) is 112 Å². The molecule has 2 aliphatic heterocycles. The van der Waals surface area contributed by atoms with Gasteiger partial charge in [0.1, 0.15) is 0 Å². The fourth-order valence-corrected chi connectivity index (χ4v) is 1.07. The molecule has 0 aromatic rings. The van der Waals surface area contributed by atoms with Crippen molar-refractivity contribution >= 4 is 18.2 Å². The number of rotatable bonds is 0. The molecule has 2 aliphatic rings. The third kappa shape index (κ3) is 0.706. The molecule has 1 amide bonds. The van der Waals surface area contributed by atoms with Crippen molar-refractivity contribution in [2.75, 3.05) is 0 Å². The Morgan fingerprint density at radius 1 is 1.75 bits per heavy atom. The van der Waals surface area contributed by atoms with Crippen molar-refractivity contribution < 1.29 is 9.90 Å². The van der Waals surface area contributed by atoms with Crippen LogP contribution in [0.4, 0.5) is 0 Å². The average Bonchev–Trinajstić information content (AvgIpc) is 2.33. The third-order valence-electron chi connectivity index (χ3n) is 1.72. The highest BCUT2D eigenvalue weighted by molar-refractivity contribution is 6.04. The van der Waals surface area contributed by atoms with E-state index >= 15 is 0 Å². The summed E-state index contributed by atoms with van der Waals surface area (Å²) in [4.78, 5) is 18.6. The van der Waals surface area contributed by atoms with Crippen LogP contribution in [0.3, 0.4) is 0 Å². The van der Waals surface area contributed by atoms with Crippen LogP contribution in [0, 0.1) is 0 Å². The molecule has 0 aromatic carbocycles. The van der Waals surface area contributed by atoms with Gasteiger partial charge in [-0.25, -0.2) is 9.98 Å². The number of carbonyl (C=O) groups is 1. The zero-order valence-corrected chi connectivity index (χ0v) is 5.98. The number of carbonyl (C=O) groups excluding carboxylic acids is 1. The Labute approximate surface area is 67.4 Å². The van der Waals surface area contributed by atoms with E-state index in [4.69, 9.17) is 5.73 Å². The van der Waals surface area contributed by atoms with Gasteiger partial charge >= 0.3 is 0 Å². The van der Waals surface area contributed by atoms with Gasteiger partial charge in [0.25, 0.3) is 11.6 Å². The summed E-state index contributed by atoms with van der Waals surface area (Å²) >= 11 is 0. The van der Waals surface area contributed by atoms with Crippen molar-refractivity contribution in [3.05, 3.63) is 0 Å². The van der Waals surface area contributed by atoms with E-state index in [9.17, 15) is 9.90 Å². The molecular formula is C5H7N5O2. The van der Waals surface area contributed by atoms with Gasteiger partial charge in [-0.2, -0.15) is 0 Å². The Morgan fingerprint density at radius 3 is 3.25 bits per heavy atom. The number of nitrogens with zero attached hydrogens (tertiary/aromatic N) is 2. The minimum atomic E-state index is -1.76. The first-order valence-corrected chi connectivity index (χ1v) is 3.29. The number of aliphatic hydroxyl groups is 1. The summed E-state index contributed by atoms with van der Waals surface area (Å²) in [5.74, 6) is -0.673. The summed E-state index contributed by atoms with van der Waals surface area (Å²) in [6.45, 7) is 0. The van der Waals surface area contributed by atoms with E-state index in [2.05, 4.69) is 20.6 Å². The van der Waals surface area contributed by atoms with E-state index in [-0.39, 0.29) is 5.96 Å². The van der Waals surface area contributed by atoms with Crippen molar-refractivity contribution in [3.8, 4) is 0 Å². The van der Waals surface area contributed by atoms with Gasteiger partial charge in [0, 0.05) is 0 Å². The SMILES string of the molecule is NC1=N[C@H]2N=CN[C@]2(O)C(=O)N1. The van der Waals surface area contributed by atoms with Gasteiger partial charge in [0.05, 0.1) is 6.34 Å². The van der Waals surface area contributed by atoms with Gasteiger partial charge in [-0.15, -0.1) is 0 Å². The van der Waals surface area contributed by atoms with E-state index in [1.807, 2.05) is 0 Å². The molecule has 0 spiro atoms. The van der Waals surface area contributed by atoms with Crippen LogP contribution >= 0.6 is 0 Å². The van der Waals surface area contributed by atoms with Gasteiger partial charge in [0.2, 0.25) is 6.17 Å². The van der Waals surface area contributed by atoms with Crippen LogP contribution in [0.15, 0.2) is 9.98 Å². The lowest BCUT2D eigenvalue weighted by molar-refractivity contribution is -0.141. The van der Waals surface area contributed by atoms with Gasteiger partial charge in [0.15, 0.2) is 5.96 Å². The van der Waals surface area contributed by atoms with E-state index in [1.165, 1.54) is 6.34 Å². The summed E-state index contributed by atoms with van der Waals surface area (Å²) in [7, 11) is 0. The van der Waals surface area contributed by atoms with Crippen LogP contribution in [0.1, 0.15) is 0 Å². The Bertz CT molecular complexity index is 298. The van der Waals surface area contributed by atoms with E-state index in [1.54, 1.807) is 0 Å². The lowest BCUT2D eigenvalue weighted by atomic mass is 10.1. The van der Waals surface area contributed by atoms with E-state index < -0.39 is 17.8 Å². The smallest absolute Gasteiger partial charge is 0.284 e. The maximum absolute atomic E-state index is 11.1. The number of nitrogens with one attached hydrogen (secondary N) is 2. The molecule has 7 heteroatoms. The van der Waals surface area contributed by atoms with Crippen LogP contribution in [0.2, 0.25) is 0 Å². The lowest BCUT2D eigenvalue weighted by Crippen LogP contribution is -2.64. The van der Waals surface area contributed by atoms with Crippen LogP contribution in [-0.2, 0) is 4.79 Å². The van der Waals surface area contributed by atoms with Gasteiger partial charge < -0.3 is 16.2 Å². The Morgan fingerprint density at radius 2 is 2.50 bits per heavy atom. The maximum atomic E-state index is 11.1. The number of nitrogens with two attached hydrogens (primary N) is 1. The normalized spacial score (nSPS) is 38.2. The van der Waals surface area contributed by atoms with E-state index in [0.717, 1.165) is 0 Å². The molecule has 0 fully saturated rings. The van der Waals surface area contributed by atoms with Gasteiger partial charge in [-0.3, -0.25) is 10.1 Å². The van der Waals surface area contributed by atoms with Crippen molar-refractivity contribution in [3.63, 3.8) is 0 Å². The molecule has 0 radical (unpaired) electrons. The number of guanidine groups is 1.